The van der Waals surface area contributed by atoms with E-state index in [4.69, 9.17) is 4.42 Å². The molecule has 2 aromatic rings. The number of aromatic nitrogens is 1. The summed E-state index contributed by atoms with van der Waals surface area (Å²) >= 11 is 1.66. The molecule has 0 aliphatic carbocycles. The Hall–Kier alpha value is -1.86. The molecular formula is C18H24N4O2S. The van der Waals surface area contributed by atoms with Gasteiger partial charge in [0.2, 0.25) is 5.91 Å². The van der Waals surface area contributed by atoms with Gasteiger partial charge in [-0.3, -0.25) is 9.69 Å². The molecular weight excluding hydrogens is 336 g/mol. The SMILES string of the molecule is O=C(C1CCCN(Cc2ccco2)C1)N1CCN(c2nccs2)CC1. The summed E-state index contributed by atoms with van der Waals surface area (Å²) < 4.78 is 5.45. The summed E-state index contributed by atoms with van der Waals surface area (Å²) in [5.41, 5.74) is 0. The number of hydrogen-bond donors (Lipinski definition) is 0. The van der Waals surface area contributed by atoms with Gasteiger partial charge in [0.05, 0.1) is 18.7 Å². The van der Waals surface area contributed by atoms with Gasteiger partial charge in [-0.05, 0) is 31.5 Å². The Morgan fingerprint density at radius 2 is 2.16 bits per heavy atom. The zero-order valence-corrected chi connectivity index (χ0v) is 15.2. The number of thiazole rings is 1. The van der Waals surface area contributed by atoms with Crippen LogP contribution in [0.1, 0.15) is 18.6 Å². The molecule has 7 heteroatoms. The average molecular weight is 360 g/mol. The summed E-state index contributed by atoms with van der Waals surface area (Å²) in [6.45, 7) is 6.04. The van der Waals surface area contributed by atoms with Crippen LogP contribution in [0.4, 0.5) is 5.13 Å². The lowest BCUT2D eigenvalue weighted by Gasteiger charge is -2.38. The van der Waals surface area contributed by atoms with E-state index in [1.54, 1.807) is 17.6 Å². The van der Waals surface area contributed by atoms with E-state index in [0.717, 1.165) is 69.5 Å². The van der Waals surface area contributed by atoms with Crippen molar-refractivity contribution in [3.8, 4) is 0 Å². The number of amides is 1. The van der Waals surface area contributed by atoms with Crippen LogP contribution < -0.4 is 4.90 Å². The summed E-state index contributed by atoms with van der Waals surface area (Å²) in [6, 6.07) is 3.92. The van der Waals surface area contributed by atoms with Crippen LogP contribution in [0.15, 0.2) is 34.4 Å². The Kier molecular flexibility index (Phi) is 5.03. The van der Waals surface area contributed by atoms with Crippen LogP contribution in [0, 0.1) is 5.92 Å². The van der Waals surface area contributed by atoms with Gasteiger partial charge in [0.15, 0.2) is 5.13 Å². The van der Waals surface area contributed by atoms with Crippen molar-refractivity contribution < 1.29 is 9.21 Å². The minimum Gasteiger partial charge on any atom is -0.468 e. The Labute approximate surface area is 152 Å². The van der Waals surface area contributed by atoms with E-state index in [9.17, 15) is 4.79 Å². The molecule has 2 saturated heterocycles. The summed E-state index contributed by atoms with van der Waals surface area (Å²) in [7, 11) is 0. The second kappa shape index (κ2) is 7.58. The molecule has 1 amide bonds. The van der Waals surface area contributed by atoms with E-state index in [1.807, 2.05) is 28.6 Å². The number of carbonyl (C=O) groups is 1. The van der Waals surface area contributed by atoms with Crippen LogP contribution in [0.2, 0.25) is 0 Å². The first-order valence-corrected chi connectivity index (χ1v) is 9.85. The van der Waals surface area contributed by atoms with Crippen LogP contribution in [-0.4, -0.2) is 60.0 Å². The smallest absolute Gasteiger partial charge is 0.227 e. The molecule has 134 valence electrons. The lowest BCUT2D eigenvalue weighted by molar-refractivity contribution is -0.137. The molecule has 2 aromatic heterocycles. The second-order valence-electron chi connectivity index (χ2n) is 6.78. The first-order chi connectivity index (χ1) is 12.3. The maximum absolute atomic E-state index is 12.9. The molecule has 25 heavy (non-hydrogen) atoms. The molecule has 4 heterocycles. The zero-order chi connectivity index (χ0) is 17.1. The fraction of sp³-hybridized carbons (Fsp3) is 0.556. The Balaban J connectivity index is 1.30. The number of furan rings is 1. The van der Waals surface area contributed by atoms with E-state index >= 15 is 0 Å². The fourth-order valence-electron chi connectivity index (χ4n) is 3.77. The van der Waals surface area contributed by atoms with E-state index < -0.39 is 0 Å². The summed E-state index contributed by atoms with van der Waals surface area (Å²) in [6.07, 6.45) is 5.63. The molecule has 1 atom stereocenters. The van der Waals surface area contributed by atoms with E-state index in [-0.39, 0.29) is 5.92 Å². The first kappa shape index (κ1) is 16.6. The number of carbonyl (C=O) groups excluding carboxylic acids is 1. The molecule has 6 nitrogen and oxygen atoms in total. The first-order valence-electron chi connectivity index (χ1n) is 8.97. The molecule has 2 aliphatic heterocycles. The van der Waals surface area contributed by atoms with Crippen molar-refractivity contribution in [2.24, 2.45) is 5.92 Å². The van der Waals surface area contributed by atoms with Gasteiger partial charge in [-0.15, -0.1) is 11.3 Å². The van der Waals surface area contributed by atoms with Gasteiger partial charge >= 0.3 is 0 Å². The molecule has 0 radical (unpaired) electrons. The number of piperidine rings is 1. The third-order valence-corrected chi connectivity index (χ3v) is 5.93. The van der Waals surface area contributed by atoms with Crippen molar-refractivity contribution in [2.75, 3.05) is 44.2 Å². The van der Waals surface area contributed by atoms with Crippen molar-refractivity contribution >= 4 is 22.4 Å². The van der Waals surface area contributed by atoms with Crippen molar-refractivity contribution in [3.05, 3.63) is 35.7 Å². The Morgan fingerprint density at radius 3 is 2.88 bits per heavy atom. The number of anilines is 1. The quantitative estimate of drug-likeness (QED) is 0.837. The summed E-state index contributed by atoms with van der Waals surface area (Å²) in [5.74, 6) is 1.42. The van der Waals surface area contributed by atoms with Crippen LogP contribution in [0.25, 0.3) is 0 Å². The predicted molar refractivity (Wildman–Crippen MR) is 97.6 cm³/mol. The highest BCUT2D eigenvalue weighted by Crippen LogP contribution is 2.23. The van der Waals surface area contributed by atoms with Crippen molar-refractivity contribution in [2.45, 2.75) is 19.4 Å². The molecule has 1 unspecified atom stereocenters. The van der Waals surface area contributed by atoms with Crippen LogP contribution >= 0.6 is 11.3 Å². The van der Waals surface area contributed by atoms with Gasteiger partial charge in [0.25, 0.3) is 0 Å². The maximum atomic E-state index is 12.9. The Bertz CT molecular complexity index is 665. The van der Waals surface area contributed by atoms with Crippen LogP contribution in [0.3, 0.4) is 0 Å². The number of rotatable bonds is 4. The van der Waals surface area contributed by atoms with Crippen molar-refractivity contribution in [1.82, 2.24) is 14.8 Å². The van der Waals surface area contributed by atoms with E-state index in [2.05, 4.69) is 14.8 Å². The van der Waals surface area contributed by atoms with E-state index in [1.165, 1.54) is 0 Å². The Morgan fingerprint density at radius 1 is 1.28 bits per heavy atom. The van der Waals surface area contributed by atoms with Crippen molar-refractivity contribution in [1.29, 1.82) is 0 Å². The number of likely N-dealkylation sites (tertiary alicyclic amines) is 1. The number of piperazine rings is 1. The third-order valence-electron chi connectivity index (χ3n) is 5.10. The topological polar surface area (TPSA) is 52.8 Å². The van der Waals surface area contributed by atoms with Gasteiger partial charge in [-0.1, -0.05) is 0 Å². The molecule has 0 N–H and O–H groups in total. The van der Waals surface area contributed by atoms with Gasteiger partial charge in [-0.25, -0.2) is 4.98 Å². The largest absolute Gasteiger partial charge is 0.468 e. The molecule has 0 aromatic carbocycles. The third kappa shape index (κ3) is 3.88. The van der Waals surface area contributed by atoms with Gasteiger partial charge in [-0.2, -0.15) is 0 Å². The predicted octanol–water partition coefficient (Wildman–Crippen LogP) is 2.30. The zero-order valence-electron chi connectivity index (χ0n) is 14.3. The highest BCUT2D eigenvalue weighted by Gasteiger charge is 2.31. The molecule has 0 saturated carbocycles. The average Bonchev–Trinajstić information content (AvgIpc) is 3.35. The van der Waals surface area contributed by atoms with E-state index in [0.29, 0.717) is 5.91 Å². The monoisotopic (exact) mass is 360 g/mol. The van der Waals surface area contributed by atoms with Crippen LogP contribution in [-0.2, 0) is 11.3 Å². The lowest BCUT2D eigenvalue weighted by atomic mass is 9.96. The molecule has 4 rings (SSSR count). The fourth-order valence-corrected chi connectivity index (χ4v) is 4.47. The number of hydrogen-bond acceptors (Lipinski definition) is 6. The molecule has 2 fully saturated rings. The van der Waals surface area contributed by atoms with Gasteiger partial charge < -0.3 is 14.2 Å². The highest BCUT2D eigenvalue weighted by atomic mass is 32.1. The normalized spacial score (nSPS) is 22.3. The number of nitrogens with zero attached hydrogens (tertiary/aromatic N) is 4. The minimum absolute atomic E-state index is 0.120. The van der Waals surface area contributed by atoms with Gasteiger partial charge in [0.1, 0.15) is 5.76 Å². The molecule has 0 spiro atoms. The minimum atomic E-state index is 0.120. The highest BCUT2D eigenvalue weighted by molar-refractivity contribution is 7.13. The molecule has 2 aliphatic rings. The van der Waals surface area contributed by atoms with Crippen LogP contribution in [0.5, 0.6) is 0 Å². The second-order valence-corrected chi connectivity index (χ2v) is 7.65. The van der Waals surface area contributed by atoms with Crippen molar-refractivity contribution in [3.63, 3.8) is 0 Å². The summed E-state index contributed by atoms with van der Waals surface area (Å²) in [4.78, 5) is 24.0. The maximum Gasteiger partial charge on any atom is 0.227 e. The lowest BCUT2D eigenvalue weighted by Crippen LogP contribution is -2.52. The molecule has 0 bridgehead atoms. The summed E-state index contributed by atoms with van der Waals surface area (Å²) in [5, 5.41) is 3.07. The van der Waals surface area contributed by atoms with Gasteiger partial charge in [0, 0.05) is 44.3 Å². The standard InChI is InChI=1S/C18H24N4O2S/c23-17(21-7-9-22(10-8-21)18-19-5-12-25-18)15-3-1-6-20(13-15)14-16-4-2-11-24-16/h2,4-5,11-12,15H,1,3,6-10,13-14H2.